The van der Waals surface area contributed by atoms with E-state index < -0.39 is 11.9 Å². The van der Waals surface area contributed by atoms with Crippen molar-refractivity contribution in [2.75, 3.05) is 12.4 Å². The minimum absolute atomic E-state index is 0.0595. The maximum atomic E-state index is 12.6. The van der Waals surface area contributed by atoms with Gasteiger partial charge in [0, 0.05) is 12.2 Å². The number of ether oxygens (including phenoxy) is 1. The zero-order chi connectivity index (χ0) is 21.5. The fourth-order valence-corrected chi connectivity index (χ4v) is 3.55. The van der Waals surface area contributed by atoms with Gasteiger partial charge in [0.15, 0.2) is 0 Å². The number of anilines is 1. The molecule has 0 bridgehead atoms. The number of methoxy groups -OCH3 is 1. The summed E-state index contributed by atoms with van der Waals surface area (Å²) in [5, 5.41) is 15.2. The normalized spacial score (nSPS) is 14.1. The molecule has 30 heavy (non-hydrogen) atoms. The topological polar surface area (TPSA) is 91.2 Å². The summed E-state index contributed by atoms with van der Waals surface area (Å²) in [4.78, 5) is 24.4. The number of nitrogens with one attached hydrogen (secondary N) is 2. The van der Waals surface area contributed by atoms with Crippen LogP contribution in [0.3, 0.4) is 0 Å². The second-order valence-electron chi connectivity index (χ2n) is 7.28. The first-order valence-corrected chi connectivity index (χ1v) is 10.00. The number of rotatable bonds is 6. The third-order valence-electron chi connectivity index (χ3n) is 5.30. The molecule has 1 unspecified atom stereocenters. The van der Waals surface area contributed by atoms with Gasteiger partial charge in [0.2, 0.25) is 0 Å². The smallest absolute Gasteiger partial charge is 0.339 e. The molecule has 0 aromatic heterocycles. The summed E-state index contributed by atoms with van der Waals surface area (Å²) in [6.07, 6.45) is 6.09. The molecule has 2 N–H and O–H groups in total. The summed E-state index contributed by atoms with van der Waals surface area (Å²) in [5.41, 5.74) is 4.34. The standard InChI is InChI=1S/C24H25N3O3/c1-16(18-12-11-17-7-3-4-8-19(17)13-18)26-15-20(14-25)23(28)27-22-10-6-5-9-21(22)24(29)30-2/h5-6,9-13,15-16,26H,3-4,7-8H2,1-2H3,(H,27,28)/b20-15-. The van der Waals surface area contributed by atoms with Crippen LogP contribution in [0.25, 0.3) is 0 Å². The molecule has 2 aromatic carbocycles. The van der Waals surface area contributed by atoms with Gasteiger partial charge in [-0.05, 0) is 61.4 Å². The molecule has 6 nitrogen and oxygen atoms in total. The number of benzene rings is 2. The highest BCUT2D eigenvalue weighted by atomic mass is 16.5. The van der Waals surface area contributed by atoms with E-state index in [0.29, 0.717) is 5.69 Å². The molecule has 0 aliphatic heterocycles. The predicted octanol–water partition coefficient (Wildman–Crippen LogP) is 4.05. The first kappa shape index (κ1) is 21.1. The van der Waals surface area contributed by atoms with Crippen LogP contribution in [0.15, 0.2) is 54.2 Å². The van der Waals surface area contributed by atoms with E-state index >= 15 is 0 Å². The number of aryl methyl sites for hydroxylation is 2. The lowest BCUT2D eigenvalue weighted by atomic mass is 9.89. The molecule has 1 aliphatic carbocycles. The maximum Gasteiger partial charge on any atom is 0.339 e. The van der Waals surface area contributed by atoms with Crippen molar-refractivity contribution in [3.8, 4) is 6.07 Å². The van der Waals surface area contributed by atoms with Crippen LogP contribution in [0, 0.1) is 11.3 Å². The molecule has 154 valence electrons. The Balaban J connectivity index is 1.71. The number of nitriles is 1. The molecule has 0 radical (unpaired) electrons. The van der Waals surface area contributed by atoms with E-state index in [1.807, 2.05) is 13.0 Å². The molecular weight excluding hydrogens is 378 g/mol. The van der Waals surface area contributed by atoms with Crippen molar-refractivity contribution in [1.29, 1.82) is 5.26 Å². The van der Waals surface area contributed by atoms with E-state index in [-0.39, 0.29) is 17.2 Å². The van der Waals surface area contributed by atoms with Gasteiger partial charge >= 0.3 is 5.97 Å². The highest BCUT2D eigenvalue weighted by Gasteiger charge is 2.17. The summed E-state index contributed by atoms with van der Waals surface area (Å²) in [7, 11) is 1.27. The van der Waals surface area contributed by atoms with Crippen molar-refractivity contribution < 1.29 is 14.3 Å². The van der Waals surface area contributed by atoms with Gasteiger partial charge in [-0.1, -0.05) is 30.3 Å². The number of carbonyl (C=O) groups excluding carboxylic acids is 2. The molecule has 0 saturated carbocycles. The number of fused-ring (bicyclic) bond motifs is 1. The van der Waals surface area contributed by atoms with E-state index in [1.165, 1.54) is 37.3 Å². The van der Waals surface area contributed by atoms with E-state index in [1.54, 1.807) is 24.3 Å². The Morgan fingerprint density at radius 1 is 1.13 bits per heavy atom. The number of carbonyl (C=O) groups is 2. The van der Waals surface area contributed by atoms with Crippen molar-refractivity contribution in [3.05, 3.63) is 76.5 Å². The Hall–Kier alpha value is -3.59. The average Bonchev–Trinajstić information content (AvgIpc) is 2.78. The van der Waals surface area contributed by atoms with Crippen LogP contribution in [0.5, 0.6) is 0 Å². The summed E-state index contributed by atoms with van der Waals surface area (Å²) < 4.78 is 4.73. The zero-order valence-corrected chi connectivity index (χ0v) is 17.2. The highest BCUT2D eigenvalue weighted by molar-refractivity contribution is 6.09. The fourth-order valence-electron chi connectivity index (χ4n) is 3.55. The molecule has 1 aliphatic rings. The van der Waals surface area contributed by atoms with Crippen molar-refractivity contribution in [3.63, 3.8) is 0 Å². The third-order valence-corrected chi connectivity index (χ3v) is 5.30. The highest BCUT2D eigenvalue weighted by Crippen LogP contribution is 2.25. The van der Waals surface area contributed by atoms with Crippen LogP contribution >= 0.6 is 0 Å². The monoisotopic (exact) mass is 403 g/mol. The third kappa shape index (κ3) is 4.87. The lowest BCUT2D eigenvalue weighted by Gasteiger charge is -2.19. The van der Waals surface area contributed by atoms with Gasteiger partial charge in [0.05, 0.1) is 18.4 Å². The second kappa shape index (κ2) is 9.75. The van der Waals surface area contributed by atoms with Crippen LogP contribution < -0.4 is 10.6 Å². The Kier molecular flexibility index (Phi) is 6.87. The Morgan fingerprint density at radius 3 is 2.60 bits per heavy atom. The number of hydrogen-bond acceptors (Lipinski definition) is 5. The van der Waals surface area contributed by atoms with Gasteiger partial charge in [-0.3, -0.25) is 4.79 Å². The summed E-state index contributed by atoms with van der Waals surface area (Å²) in [6.45, 7) is 1.99. The van der Waals surface area contributed by atoms with Gasteiger partial charge in [-0.2, -0.15) is 5.26 Å². The average molecular weight is 403 g/mol. The first-order chi connectivity index (χ1) is 14.5. The molecule has 0 heterocycles. The van der Waals surface area contributed by atoms with E-state index in [0.717, 1.165) is 18.4 Å². The summed E-state index contributed by atoms with van der Waals surface area (Å²) in [6, 6.07) is 14.8. The lowest BCUT2D eigenvalue weighted by Crippen LogP contribution is -2.20. The number of hydrogen-bond donors (Lipinski definition) is 2. The Bertz CT molecular complexity index is 1020. The van der Waals surface area contributed by atoms with Gasteiger partial charge in [-0.15, -0.1) is 0 Å². The number of esters is 1. The quantitative estimate of drug-likeness (QED) is 0.431. The molecule has 0 saturated heterocycles. The Morgan fingerprint density at radius 2 is 1.87 bits per heavy atom. The molecule has 1 atom stereocenters. The maximum absolute atomic E-state index is 12.6. The fraction of sp³-hybridized carbons (Fsp3) is 0.292. The minimum Gasteiger partial charge on any atom is -0.465 e. The molecule has 0 fully saturated rings. The van der Waals surface area contributed by atoms with Crippen molar-refractivity contribution >= 4 is 17.6 Å². The number of para-hydroxylation sites is 1. The predicted molar refractivity (Wildman–Crippen MR) is 115 cm³/mol. The zero-order valence-electron chi connectivity index (χ0n) is 17.2. The van der Waals surface area contributed by atoms with E-state index in [2.05, 4.69) is 28.8 Å². The molecule has 3 rings (SSSR count). The Labute approximate surface area is 176 Å². The van der Waals surface area contributed by atoms with Gasteiger partial charge < -0.3 is 15.4 Å². The summed E-state index contributed by atoms with van der Waals surface area (Å²) >= 11 is 0. The van der Waals surface area contributed by atoms with Crippen LogP contribution in [0.2, 0.25) is 0 Å². The SMILES string of the molecule is COC(=O)c1ccccc1NC(=O)/C(C#N)=C\NC(C)c1ccc2c(c1)CCCC2. The molecule has 6 heteroatoms. The van der Waals surface area contributed by atoms with E-state index in [4.69, 9.17) is 4.74 Å². The van der Waals surface area contributed by atoms with Gasteiger partial charge in [0.1, 0.15) is 11.6 Å². The van der Waals surface area contributed by atoms with Crippen LogP contribution in [0.1, 0.15) is 52.9 Å². The lowest BCUT2D eigenvalue weighted by molar-refractivity contribution is -0.112. The molecule has 2 aromatic rings. The molecule has 0 spiro atoms. The minimum atomic E-state index is -0.598. The first-order valence-electron chi connectivity index (χ1n) is 10.00. The van der Waals surface area contributed by atoms with Gasteiger partial charge in [-0.25, -0.2) is 4.79 Å². The van der Waals surface area contributed by atoms with Crippen LogP contribution in [-0.4, -0.2) is 19.0 Å². The molecule has 1 amide bonds. The summed E-state index contributed by atoms with van der Waals surface area (Å²) in [5.74, 6) is -1.16. The van der Waals surface area contributed by atoms with Crippen molar-refractivity contribution in [2.45, 2.75) is 38.6 Å². The van der Waals surface area contributed by atoms with Crippen LogP contribution in [-0.2, 0) is 22.4 Å². The van der Waals surface area contributed by atoms with E-state index in [9.17, 15) is 14.9 Å². The van der Waals surface area contributed by atoms with Gasteiger partial charge in [0.25, 0.3) is 5.91 Å². The van der Waals surface area contributed by atoms with Crippen molar-refractivity contribution in [1.82, 2.24) is 5.32 Å². The molecular formula is C24H25N3O3. The van der Waals surface area contributed by atoms with Crippen molar-refractivity contribution in [2.24, 2.45) is 0 Å². The number of nitrogens with zero attached hydrogens (tertiary/aromatic N) is 1. The van der Waals surface area contributed by atoms with Crippen LogP contribution in [0.4, 0.5) is 5.69 Å². The number of amides is 1. The second-order valence-corrected chi connectivity index (χ2v) is 7.28. The largest absolute Gasteiger partial charge is 0.465 e.